The summed E-state index contributed by atoms with van der Waals surface area (Å²) in [4.78, 5) is 33.7. The van der Waals surface area contributed by atoms with Gasteiger partial charge in [0.2, 0.25) is 5.91 Å². The van der Waals surface area contributed by atoms with E-state index in [0.717, 1.165) is 57.7 Å². The van der Waals surface area contributed by atoms with Gasteiger partial charge >= 0.3 is 0 Å². The van der Waals surface area contributed by atoms with Crippen molar-refractivity contribution in [1.29, 1.82) is 0 Å². The van der Waals surface area contributed by atoms with Crippen molar-refractivity contribution in [2.75, 3.05) is 31.1 Å². The van der Waals surface area contributed by atoms with Gasteiger partial charge < -0.3 is 9.80 Å². The van der Waals surface area contributed by atoms with Gasteiger partial charge in [-0.15, -0.1) is 12.4 Å². The fraction of sp³-hybridized carbons (Fsp3) is 0.517. The quantitative estimate of drug-likeness (QED) is 0.298. The number of carbonyl (C=O) groups is 2. The number of aryl methyl sites for hydroxylation is 2. The van der Waals surface area contributed by atoms with Crippen LogP contribution in [0.25, 0.3) is 0 Å². The summed E-state index contributed by atoms with van der Waals surface area (Å²) in [6, 6.07) is 12.6. The van der Waals surface area contributed by atoms with Gasteiger partial charge in [0.05, 0.1) is 12.5 Å². The van der Waals surface area contributed by atoms with E-state index < -0.39 is 0 Å². The molecule has 36 heavy (non-hydrogen) atoms. The van der Waals surface area contributed by atoms with Crippen LogP contribution in [-0.4, -0.2) is 53.8 Å². The second kappa shape index (κ2) is 11.8. The molecule has 1 unspecified atom stereocenters. The number of anilines is 1. The number of benzene rings is 2. The first-order valence-electron chi connectivity index (χ1n) is 13.1. The Morgan fingerprint density at radius 3 is 2.28 bits per heavy atom. The molecule has 2 aromatic carbocycles. The lowest BCUT2D eigenvalue weighted by atomic mass is 9.96. The Morgan fingerprint density at radius 1 is 0.944 bits per heavy atom. The summed E-state index contributed by atoms with van der Waals surface area (Å²) in [5, 5.41) is 0. The molecule has 1 aliphatic carbocycles. The topological polar surface area (TPSA) is 43.9 Å². The Bertz CT molecular complexity index is 1110. The SMILES string of the molecule is Cc1cc2c(cc1C)C(CC(=O)N1CCN(C3CCCCCC3)CC1)N(c1cccc(I)c1)C2=O.Cl. The molecule has 3 aliphatic rings. The molecule has 2 heterocycles. The first-order chi connectivity index (χ1) is 16.9. The van der Waals surface area contributed by atoms with Crippen LogP contribution in [0.1, 0.15) is 78.0 Å². The molecule has 2 amide bonds. The minimum absolute atomic E-state index is 0. The lowest BCUT2D eigenvalue weighted by Gasteiger charge is -2.39. The van der Waals surface area contributed by atoms with Crippen LogP contribution in [0.15, 0.2) is 36.4 Å². The molecule has 2 aliphatic heterocycles. The molecule has 0 bridgehead atoms. The number of hydrogen-bond donors (Lipinski definition) is 0. The van der Waals surface area contributed by atoms with Crippen LogP contribution in [0.2, 0.25) is 0 Å². The summed E-state index contributed by atoms with van der Waals surface area (Å²) < 4.78 is 1.08. The van der Waals surface area contributed by atoms with Gasteiger partial charge in [-0.1, -0.05) is 37.8 Å². The monoisotopic (exact) mass is 621 g/mol. The molecule has 0 spiro atoms. The zero-order chi connectivity index (χ0) is 24.5. The fourth-order valence-corrected chi connectivity index (χ4v) is 6.61. The Hall–Kier alpha value is -1.64. The third kappa shape index (κ3) is 5.60. The minimum Gasteiger partial charge on any atom is -0.340 e. The molecule has 1 saturated carbocycles. The molecule has 2 fully saturated rings. The van der Waals surface area contributed by atoms with Crippen molar-refractivity contribution < 1.29 is 9.59 Å². The van der Waals surface area contributed by atoms with Gasteiger partial charge in [-0.3, -0.25) is 14.5 Å². The molecule has 1 atom stereocenters. The lowest BCUT2D eigenvalue weighted by Crippen LogP contribution is -2.52. The maximum Gasteiger partial charge on any atom is 0.259 e. The Labute approximate surface area is 235 Å². The number of piperazine rings is 1. The van der Waals surface area contributed by atoms with E-state index in [9.17, 15) is 9.59 Å². The van der Waals surface area contributed by atoms with E-state index in [-0.39, 0.29) is 30.3 Å². The van der Waals surface area contributed by atoms with E-state index in [1.807, 2.05) is 47.1 Å². The van der Waals surface area contributed by atoms with E-state index in [1.54, 1.807) is 0 Å². The average molecular weight is 622 g/mol. The van der Waals surface area contributed by atoms with Crippen molar-refractivity contribution >= 4 is 52.5 Å². The van der Waals surface area contributed by atoms with Gasteiger partial charge in [0.15, 0.2) is 0 Å². The van der Waals surface area contributed by atoms with Crippen LogP contribution in [0.4, 0.5) is 5.69 Å². The molecule has 7 heteroatoms. The minimum atomic E-state index is -0.262. The van der Waals surface area contributed by atoms with Gasteiger partial charge in [-0.25, -0.2) is 0 Å². The van der Waals surface area contributed by atoms with Crippen molar-refractivity contribution in [2.24, 2.45) is 0 Å². The number of amides is 2. The highest BCUT2D eigenvalue weighted by Crippen LogP contribution is 2.41. The summed E-state index contributed by atoms with van der Waals surface area (Å²) >= 11 is 2.28. The van der Waals surface area contributed by atoms with E-state index in [4.69, 9.17) is 0 Å². The summed E-state index contributed by atoms with van der Waals surface area (Å²) in [5.74, 6) is 0.158. The Morgan fingerprint density at radius 2 is 1.61 bits per heavy atom. The van der Waals surface area contributed by atoms with Crippen molar-refractivity contribution in [3.05, 3.63) is 62.2 Å². The number of fused-ring (bicyclic) bond motifs is 1. The molecule has 2 aromatic rings. The maximum absolute atomic E-state index is 13.6. The van der Waals surface area contributed by atoms with Crippen LogP contribution in [0.3, 0.4) is 0 Å². The van der Waals surface area contributed by atoms with E-state index in [1.165, 1.54) is 38.5 Å². The molecule has 5 nitrogen and oxygen atoms in total. The van der Waals surface area contributed by atoms with E-state index in [0.29, 0.717) is 12.5 Å². The average Bonchev–Trinajstić information content (AvgIpc) is 3.02. The van der Waals surface area contributed by atoms with Crippen molar-refractivity contribution in [3.63, 3.8) is 0 Å². The smallest absolute Gasteiger partial charge is 0.259 e. The first kappa shape index (κ1) is 27.4. The summed E-state index contributed by atoms with van der Waals surface area (Å²) in [6.07, 6.45) is 8.35. The summed E-state index contributed by atoms with van der Waals surface area (Å²) in [7, 11) is 0. The third-order valence-corrected chi connectivity index (χ3v) is 8.92. The fourth-order valence-electron chi connectivity index (χ4n) is 6.09. The summed E-state index contributed by atoms with van der Waals surface area (Å²) in [6.45, 7) is 7.65. The Kier molecular flexibility index (Phi) is 9.00. The molecule has 0 N–H and O–H groups in total. The van der Waals surface area contributed by atoms with Gasteiger partial charge in [0.25, 0.3) is 5.91 Å². The number of halogens is 2. The van der Waals surface area contributed by atoms with Crippen molar-refractivity contribution in [1.82, 2.24) is 9.80 Å². The van der Waals surface area contributed by atoms with Crippen LogP contribution in [0.5, 0.6) is 0 Å². The second-order valence-corrected chi connectivity index (χ2v) is 11.7. The predicted molar refractivity (Wildman–Crippen MR) is 156 cm³/mol. The van der Waals surface area contributed by atoms with Gasteiger partial charge in [-0.05, 0) is 90.2 Å². The van der Waals surface area contributed by atoms with E-state index >= 15 is 0 Å². The van der Waals surface area contributed by atoms with Gasteiger partial charge in [0.1, 0.15) is 0 Å². The second-order valence-electron chi connectivity index (χ2n) is 10.5. The molecule has 0 radical (unpaired) electrons. The standard InChI is InChI=1S/C29H36IN3O2.ClH/c1-20-16-25-26(17-21(20)2)29(35)33(24-11-7-8-22(30)18-24)27(25)19-28(34)32-14-12-31(13-15-32)23-9-5-3-4-6-10-23;/h7-8,11,16-18,23,27H,3-6,9-10,12-15,19H2,1-2H3;1H. The molecular formula is C29H37ClIN3O2. The number of nitrogens with zero attached hydrogens (tertiary/aromatic N) is 3. The lowest BCUT2D eigenvalue weighted by molar-refractivity contribution is -0.133. The Balaban J connectivity index is 0.00000304. The molecular weight excluding hydrogens is 585 g/mol. The molecule has 0 aromatic heterocycles. The molecule has 194 valence electrons. The normalized spacial score (nSPS) is 21.2. The highest BCUT2D eigenvalue weighted by Gasteiger charge is 2.40. The van der Waals surface area contributed by atoms with Crippen molar-refractivity contribution in [3.8, 4) is 0 Å². The van der Waals surface area contributed by atoms with Crippen LogP contribution >= 0.6 is 35.0 Å². The number of hydrogen-bond acceptors (Lipinski definition) is 3. The van der Waals surface area contributed by atoms with Crippen LogP contribution in [0, 0.1) is 17.4 Å². The van der Waals surface area contributed by atoms with E-state index in [2.05, 4.69) is 40.5 Å². The molecule has 1 saturated heterocycles. The first-order valence-corrected chi connectivity index (χ1v) is 14.2. The predicted octanol–water partition coefficient (Wildman–Crippen LogP) is 6.29. The largest absolute Gasteiger partial charge is 0.340 e. The zero-order valence-electron chi connectivity index (χ0n) is 21.3. The van der Waals surface area contributed by atoms with Crippen LogP contribution < -0.4 is 4.90 Å². The summed E-state index contributed by atoms with van der Waals surface area (Å²) in [5.41, 5.74) is 4.87. The number of rotatable bonds is 4. The highest BCUT2D eigenvalue weighted by molar-refractivity contribution is 14.1. The molecule has 5 rings (SSSR count). The third-order valence-electron chi connectivity index (χ3n) is 8.25. The van der Waals surface area contributed by atoms with Gasteiger partial charge in [-0.2, -0.15) is 0 Å². The van der Waals surface area contributed by atoms with Crippen molar-refractivity contribution in [2.45, 2.75) is 70.9 Å². The zero-order valence-corrected chi connectivity index (χ0v) is 24.3. The number of carbonyl (C=O) groups excluding carboxylic acids is 2. The van der Waals surface area contributed by atoms with Gasteiger partial charge in [0, 0.05) is 47.0 Å². The maximum atomic E-state index is 13.6. The van der Waals surface area contributed by atoms with Crippen LogP contribution in [-0.2, 0) is 4.79 Å². The highest BCUT2D eigenvalue weighted by atomic mass is 127.